The zero-order valence-corrected chi connectivity index (χ0v) is 16.0. The molecule has 1 amide bonds. The van der Waals surface area contributed by atoms with Gasteiger partial charge in [0.15, 0.2) is 0 Å². The molecule has 1 atom stereocenters. The summed E-state index contributed by atoms with van der Waals surface area (Å²) in [6.45, 7) is 8.04. The van der Waals surface area contributed by atoms with Crippen molar-refractivity contribution in [3.05, 3.63) is 64.2 Å². The van der Waals surface area contributed by atoms with Crippen molar-refractivity contribution in [1.29, 1.82) is 0 Å². The van der Waals surface area contributed by atoms with Gasteiger partial charge in [-0.1, -0.05) is 18.2 Å². The zero-order valence-electron chi connectivity index (χ0n) is 15.2. The standard InChI is InChI=1S/C19H24N2O3S/c1-12-9-14(3)18(10-13(12)2)15(4)21-19(22)16-7-6-8-17(11-16)25(23,24)20-5/h6-11,15,20H,1-5H3,(H,21,22)/t15-/m0/s1. The molecule has 0 aliphatic rings. The van der Waals surface area contributed by atoms with Crippen molar-refractivity contribution in [2.45, 2.75) is 38.6 Å². The number of hydrogen-bond acceptors (Lipinski definition) is 3. The van der Waals surface area contributed by atoms with E-state index in [0.29, 0.717) is 5.56 Å². The summed E-state index contributed by atoms with van der Waals surface area (Å²) in [6, 6.07) is 10.00. The molecule has 2 aromatic carbocycles. The Labute approximate surface area is 149 Å². The van der Waals surface area contributed by atoms with E-state index in [-0.39, 0.29) is 16.8 Å². The van der Waals surface area contributed by atoms with E-state index in [1.54, 1.807) is 12.1 Å². The molecule has 0 spiro atoms. The van der Waals surface area contributed by atoms with Crippen LogP contribution in [-0.2, 0) is 10.0 Å². The normalized spacial score (nSPS) is 12.7. The molecule has 0 radical (unpaired) electrons. The molecule has 2 rings (SSSR count). The number of carbonyl (C=O) groups is 1. The van der Waals surface area contributed by atoms with Gasteiger partial charge in [0.05, 0.1) is 10.9 Å². The van der Waals surface area contributed by atoms with Gasteiger partial charge in [-0.15, -0.1) is 0 Å². The number of hydrogen-bond donors (Lipinski definition) is 2. The lowest BCUT2D eigenvalue weighted by Crippen LogP contribution is -2.27. The van der Waals surface area contributed by atoms with Gasteiger partial charge in [-0.3, -0.25) is 4.79 Å². The molecular formula is C19H24N2O3S. The third kappa shape index (κ3) is 4.27. The molecule has 0 bridgehead atoms. The predicted octanol–water partition coefficient (Wildman–Crippen LogP) is 3.01. The van der Waals surface area contributed by atoms with Gasteiger partial charge in [0.25, 0.3) is 5.91 Å². The first-order valence-electron chi connectivity index (χ1n) is 8.08. The van der Waals surface area contributed by atoms with Crippen LogP contribution < -0.4 is 10.0 Å². The van der Waals surface area contributed by atoms with Crippen LogP contribution in [0, 0.1) is 20.8 Å². The van der Waals surface area contributed by atoms with Crippen LogP contribution in [-0.4, -0.2) is 21.4 Å². The fourth-order valence-corrected chi connectivity index (χ4v) is 3.50. The first kappa shape index (κ1) is 19.1. The van der Waals surface area contributed by atoms with Crippen molar-refractivity contribution >= 4 is 15.9 Å². The smallest absolute Gasteiger partial charge is 0.251 e. The zero-order chi connectivity index (χ0) is 18.8. The van der Waals surface area contributed by atoms with Gasteiger partial charge in [0.1, 0.15) is 0 Å². The molecular weight excluding hydrogens is 336 g/mol. The fraction of sp³-hybridized carbons (Fsp3) is 0.316. The molecule has 6 heteroatoms. The van der Waals surface area contributed by atoms with Crippen LogP contribution in [0.5, 0.6) is 0 Å². The van der Waals surface area contributed by atoms with Crippen LogP contribution in [0.15, 0.2) is 41.3 Å². The summed E-state index contributed by atoms with van der Waals surface area (Å²) in [7, 11) is -2.24. The topological polar surface area (TPSA) is 75.3 Å². The molecule has 2 aromatic rings. The lowest BCUT2D eigenvalue weighted by atomic mass is 9.96. The Morgan fingerprint density at radius 1 is 1.00 bits per heavy atom. The summed E-state index contributed by atoms with van der Waals surface area (Å²) < 4.78 is 26.0. The van der Waals surface area contributed by atoms with E-state index >= 15 is 0 Å². The van der Waals surface area contributed by atoms with Gasteiger partial charge in [-0.05, 0) is 75.2 Å². The summed E-state index contributed by atoms with van der Waals surface area (Å²) in [5.74, 6) is -0.307. The summed E-state index contributed by atoms with van der Waals surface area (Å²) in [5, 5.41) is 2.94. The summed E-state index contributed by atoms with van der Waals surface area (Å²) >= 11 is 0. The van der Waals surface area contributed by atoms with Crippen molar-refractivity contribution in [2.75, 3.05) is 7.05 Å². The molecule has 134 valence electrons. The summed E-state index contributed by atoms with van der Waals surface area (Å²) in [5.41, 5.74) is 4.86. The van der Waals surface area contributed by atoms with Gasteiger partial charge < -0.3 is 5.32 Å². The van der Waals surface area contributed by atoms with E-state index in [9.17, 15) is 13.2 Å². The highest BCUT2D eigenvalue weighted by Gasteiger charge is 2.17. The third-order valence-electron chi connectivity index (χ3n) is 4.37. The van der Waals surface area contributed by atoms with Gasteiger partial charge in [0.2, 0.25) is 10.0 Å². The first-order chi connectivity index (χ1) is 11.7. The maximum absolute atomic E-state index is 12.5. The van der Waals surface area contributed by atoms with Gasteiger partial charge in [-0.25, -0.2) is 13.1 Å². The lowest BCUT2D eigenvalue weighted by molar-refractivity contribution is 0.0939. The highest BCUT2D eigenvalue weighted by Crippen LogP contribution is 2.22. The Balaban J connectivity index is 2.25. The first-order valence-corrected chi connectivity index (χ1v) is 9.56. The van der Waals surface area contributed by atoms with Crippen LogP contribution in [0.4, 0.5) is 0 Å². The maximum atomic E-state index is 12.5. The predicted molar refractivity (Wildman–Crippen MR) is 99.2 cm³/mol. The minimum Gasteiger partial charge on any atom is -0.346 e. The van der Waals surface area contributed by atoms with Crippen LogP contribution in [0.2, 0.25) is 0 Å². The van der Waals surface area contributed by atoms with E-state index in [1.165, 1.54) is 30.3 Å². The minimum atomic E-state index is -3.58. The molecule has 0 heterocycles. The van der Waals surface area contributed by atoms with Gasteiger partial charge in [-0.2, -0.15) is 0 Å². The molecule has 25 heavy (non-hydrogen) atoms. The van der Waals surface area contributed by atoms with Crippen molar-refractivity contribution in [3.63, 3.8) is 0 Å². The Morgan fingerprint density at radius 2 is 1.64 bits per heavy atom. The Bertz CT molecular complexity index is 905. The molecule has 0 fully saturated rings. The number of aryl methyl sites for hydroxylation is 3. The average molecular weight is 360 g/mol. The lowest BCUT2D eigenvalue weighted by Gasteiger charge is -2.18. The molecule has 0 aromatic heterocycles. The van der Waals surface area contributed by atoms with Gasteiger partial charge in [0, 0.05) is 5.56 Å². The second kappa shape index (κ2) is 7.37. The quantitative estimate of drug-likeness (QED) is 0.861. The highest BCUT2D eigenvalue weighted by atomic mass is 32.2. The van der Waals surface area contributed by atoms with Crippen LogP contribution in [0.1, 0.15) is 45.6 Å². The Morgan fingerprint density at radius 3 is 2.28 bits per heavy atom. The van der Waals surface area contributed by atoms with Crippen molar-refractivity contribution in [3.8, 4) is 0 Å². The molecule has 0 saturated carbocycles. The van der Waals surface area contributed by atoms with E-state index in [1.807, 2.05) is 20.8 Å². The van der Waals surface area contributed by atoms with Gasteiger partial charge >= 0.3 is 0 Å². The molecule has 0 aliphatic carbocycles. The van der Waals surface area contributed by atoms with E-state index in [0.717, 1.165) is 11.1 Å². The number of amides is 1. The number of sulfonamides is 1. The van der Waals surface area contributed by atoms with E-state index in [2.05, 4.69) is 29.1 Å². The molecule has 0 saturated heterocycles. The minimum absolute atomic E-state index is 0.0673. The SMILES string of the molecule is CNS(=O)(=O)c1cccc(C(=O)N[C@@H](C)c2cc(C)c(C)cc2C)c1. The van der Waals surface area contributed by atoms with Crippen molar-refractivity contribution in [2.24, 2.45) is 0 Å². The highest BCUT2D eigenvalue weighted by molar-refractivity contribution is 7.89. The number of nitrogens with one attached hydrogen (secondary N) is 2. The Hall–Kier alpha value is -2.18. The number of rotatable bonds is 5. The third-order valence-corrected chi connectivity index (χ3v) is 5.78. The Kier molecular flexibility index (Phi) is 5.65. The summed E-state index contributed by atoms with van der Waals surface area (Å²) in [6.07, 6.45) is 0. The molecule has 2 N–H and O–H groups in total. The van der Waals surface area contributed by atoms with E-state index < -0.39 is 10.0 Å². The molecule has 5 nitrogen and oxygen atoms in total. The van der Waals surface area contributed by atoms with Crippen LogP contribution in [0.3, 0.4) is 0 Å². The van der Waals surface area contributed by atoms with Crippen LogP contribution in [0.25, 0.3) is 0 Å². The molecule has 0 aliphatic heterocycles. The monoisotopic (exact) mass is 360 g/mol. The second-order valence-electron chi connectivity index (χ2n) is 6.22. The van der Waals surface area contributed by atoms with Crippen LogP contribution >= 0.6 is 0 Å². The largest absolute Gasteiger partial charge is 0.346 e. The summed E-state index contributed by atoms with van der Waals surface area (Å²) in [4.78, 5) is 12.6. The molecule has 0 unspecified atom stereocenters. The van der Waals surface area contributed by atoms with E-state index in [4.69, 9.17) is 0 Å². The number of carbonyl (C=O) groups excluding carboxylic acids is 1. The maximum Gasteiger partial charge on any atom is 0.251 e. The fourth-order valence-electron chi connectivity index (χ4n) is 2.73. The average Bonchev–Trinajstić information content (AvgIpc) is 2.58. The second-order valence-corrected chi connectivity index (χ2v) is 8.11. The number of benzene rings is 2. The van der Waals surface area contributed by atoms with Crippen molar-refractivity contribution < 1.29 is 13.2 Å². The van der Waals surface area contributed by atoms with Crippen molar-refractivity contribution in [1.82, 2.24) is 10.0 Å².